The molecule has 0 N–H and O–H groups in total. The number of fused-ring (bicyclic) bond motifs is 1. The maximum absolute atomic E-state index is 13.1. The summed E-state index contributed by atoms with van der Waals surface area (Å²) >= 11 is 6.43. The van der Waals surface area contributed by atoms with Gasteiger partial charge in [-0.2, -0.15) is 4.98 Å². The smallest absolute Gasteiger partial charge is 0.261 e. The summed E-state index contributed by atoms with van der Waals surface area (Å²) in [5, 5.41) is 1.53. The maximum atomic E-state index is 13.1. The molecule has 1 aliphatic carbocycles. The number of pyridine rings is 1. The average Bonchev–Trinajstić information content (AvgIpc) is 3.59. The van der Waals surface area contributed by atoms with Crippen molar-refractivity contribution >= 4 is 22.5 Å². The molecule has 29 heavy (non-hydrogen) atoms. The molecule has 1 fully saturated rings. The summed E-state index contributed by atoms with van der Waals surface area (Å²) in [6.45, 7) is 0. The van der Waals surface area contributed by atoms with Crippen molar-refractivity contribution < 1.29 is 0 Å². The molecule has 4 aromatic rings. The number of aromatic nitrogens is 3. The largest absolute Gasteiger partial charge is 0.352 e. The number of hydrogen-bond donors (Lipinski definition) is 0. The molecule has 2 aromatic carbocycles. The van der Waals surface area contributed by atoms with Crippen molar-refractivity contribution in [1.82, 2.24) is 14.5 Å². The van der Waals surface area contributed by atoms with Crippen LogP contribution in [0.15, 0.2) is 71.7 Å². The number of halogens is 1. The fourth-order valence-corrected chi connectivity index (χ4v) is 4.05. The number of nitrogens with zero attached hydrogens (tertiary/aromatic N) is 3. The first-order valence-corrected chi connectivity index (χ1v) is 10.3. The topological polar surface area (TPSA) is 47.8 Å². The molecule has 144 valence electrons. The zero-order valence-electron chi connectivity index (χ0n) is 15.9. The van der Waals surface area contributed by atoms with Gasteiger partial charge in [-0.25, -0.2) is 4.79 Å². The van der Waals surface area contributed by atoms with Crippen LogP contribution < -0.4 is 5.69 Å². The highest BCUT2D eigenvalue weighted by atomic mass is 35.5. The number of benzene rings is 2. The molecule has 1 saturated carbocycles. The minimum atomic E-state index is -0.297. The lowest BCUT2D eigenvalue weighted by molar-refractivity contribution is 0.850. The van der Waals surface area contributed by atoms with Crippen LogP contribution in [0.3, 0.4) is 0 Å². The Labute approximate surface area is 173 Å². The molecule has 0 atom stereocenters. The highest BCUT2D eigenvalue weighted by molar-refractivity contribution is 6.32. The van der Waals surface area contributed by atoms with Gasteiger partial charge in [0.05, 0.1) is 21.9 Å². The van der Waals surface area contributed by atoms with Crippen LogP contribution in [-0.4, -0.2) is 14.5 Å². The van der Waals surface area contributed by atoms with Gasteiger partial charge in [-0.3, -0.25) is 9.55 Å². The van der Waals surface area contributed by atoms with E-state index in [0.29, 0.717) is 23.0 Å². The van der Waals surface area contributed by atoms with E-state index < -0.39 is 0 Å². The quantitative estimate of drug-likeness (QED) is 0.467. The van der Waals surface area contributed by atoms with Crippen molar-refractivity contribution in [3.63, 3.8) is 0 Å². The molecule has 0 aliphatic heterocycles. The van der Waals surface area contributed by atoms with Gasteiger partial charge >= 0.3 is 5.69 Å². The number of aryl methyl sites for hydroxylation is 2. The van der Waals surface area contributed by atoms with E-state index in [2.05, 4.69) is 28.2 Å². The van der Waals surface area contributed by atoms with Crippen molar-refractivity contribution in [2.45, 2.75) is 31.6 Å². The molecule has 0 spiro atoms. The zero-order valence-corrected chi connectivity index (χ0v) is 16.6. The summed E-state index contributed by atoms with van der Waals surface area (Å²) in [6.07, 6.45) is 5.61. The lowest BCUT2D eigenvalue weighted by Gasteiger charge is -2.15. The van der Waals surface area contributed by atoms with Gasteiger partial charge in [-0.05, 0) is 67.5 Å². The Balaban J connectivity index is 1.67. The Morgan fingerprint density at radius 3 is 2.59 bits per heavy atom. The van der Waals surface area contributed by atoms with Gasteiger partial charge in [0.2, 0.25) is 0 Å². The molecule has 0 bridgehead atoms. The third-order valence-corrected chi connectivity index (χ3v) is 5.80. The minimum absolute atomic E-state index is 0.297. The summed E-state index contributed by atoms with van der Waals surface area (Å²) in [6, 6.07) is 19.7. The van der Waals surface area contributed by atoms with Gasteiger partial charge in [0, 0.05) is 17.3 Å². The van der Waals surface area contributed by atoms with Crippen LogP contribution in [0.4, 0.5) is 0 Å². The van der Waals surface area contributed by atoms with E-state index in [1.165, 1.54) is 18.4 Å². The summed E-state index contributed by atoms with van der Waals surface area (Å²) in [5.41, 5.74) is 4.32. The van der Waals surface area contributed by atoms with E-state index in [1.54, 1.807) is 16.8 Å². The molecule has 2 heterocycles. The normalized spacial score (nSPS) is 13.7. The van der Waals surface area contributed by atoms with E-state index in [9.17, 15) is 4.79 Å². The number of rotatable bonds is 5. The van der Waals surface area contributed by atoms with E-state index in [4.69, 9.17) is 11.6 Å². The predicted octanol–water partition coefficient (Wildman–Crippen LogP) is 5.10. The molecular weight excluding hydrogens is 382 g/mol. The molecule has 0 saturated heterocycles. The number of hydrogen-bond acceptors (Lipinski definition) is 3. The molecule has 0 unspecified atom stereocenters. The SMILES string of the molecule is O=c1nc(CCc2ccccn2)c2ccc(C3CC3)cc2n1-c1ccccc1Cl. The Morgan fingerprint density at radius 1 is 1.00 bits per heavy atom. The van der Waals surface area contributed by atoms with Gasteiger partial charge in [0.25, 0.3) is 0 Å². The van der Waals surface area contributed by atoms with Crippen LogP contribution in [0.2, 0.25) is 5.02 Å². The van der Waals surface area contributed by atoms with Crippen LogP contribution in [-0.2, 0) is 12.8 Å². The molecule has 5 rings (SSSR count). The maximum Gasteiger partial charge on any atom is 0.352 e. The highest BCUT2D eigenvalue weighted by Crippen LogP contribution is 2.41. The first-order chi connectivity index (χ1) is 14.2. The van der Waals surface area contributed by atoms with Crippen molar-refractivity contribution in [2.24, 2.45) is 0 Å². The fraction of sp³-hybridized carbons (Fsp3) is 0.208. The summed E-state index contributed by atoms with van der Waals surface area (Å²) in [7, 11) is 0. The monoisotopic (exact) mass is 401 g/mol. The van der Waals surface area contributed by atoms with Crippen LogP contribution >= 0.6 is 11.6 Å². The zero-order chi connectivity index (χ0) is 19.8. The van der Waals surface area contributed by atoms with E-state index in [1.807, 2.05) is 36.4 Å². The molecule has 5 heteroatoms. The van der Waals surface area contributed by atoms with E-state index in [0.717, 1.165) is 28.7 Å². The summed E-state index contributed by atoms with van der Waals surface area (Å²) in [4.78, 5) is 21.9. The van der Waals surface area contributed by atoms with E-state index >= 15 is 0 Å². The molecule has 4 nitrogen and oxygen atoms in total. The minimum Gasteiger partial charge on any atom is -0.261 e. The summed E-state index contributed by atoms with van der Waals surface area (Å²) < 4.78 is 1.65. The summed E-state index contributed by atoms with van der Waals surface area (Å²) in [5.74, 6) is 0.597. The predicted molar refractivity (Wildman–Crippen MR) is 116 cm³/mol. The third kappa shape index (κ3) is 3.56. The Hall–Kier alpha value is -2.98. The van der Waals surface area contributed by atoms with Gasteiger partial charge < -0.3 is 0 Å². The molecule has 2 aromatic heterocycles. The standard InChI is InChI=1S/C24H20ClN3O/c25-20-6-1-2-7-22(20)28-23-15-17(16-8-9-16)10-12-19(23)21(27-24(28)29)13-11-18-5-3-4-14-26-18/h1-7,10,12,14-16H,8-9,11,13H2. The van der Waals surface area contributed by atoms with Crippen LogP contribution in [0.25, 0.3) is 16.6 Å². The highest BCUT2D eigenvalue weighted by Gasteiger charge is 2.24. The first-order valence-electron chi connectivity index (χ1n) is 9.91. The van der Waals surface area contributed by atoms with Gasteiger partial charge in [-0.15, -0.1) is 0 Å². The van der Waals surface area contributed by atoms with Crippen molar-refractivity contribution in [3.05, 3.63) is 99.3 Å². The molecule has 1 aliphatic rings. The van der Waals surface area contributed by atoms with Gasteiger partial charge in [0.1, 0.15) is 0 Å². The van der Waals surface area contributed by atoms with Crippen molar-refractivity contribution in [3.8, 4) is 5.69 Å². The fourth-order valence-electron chi connectivity index (χ4n) is 3.83. The van der Waals surface area contributed by atoms with Crippen LogP contribution in [0, 0.1) is 0 Å². The third-order valence-electron chi connectivity index (χ3n) is 5.48. The second-order valence-corrected chi connectivity index (χ2v) is 7.91. The van der Waals surface area contributed by atoms with Gasteiger partial charge in [-0.1, -0.05) is 41.9 Å². The van der Waals surface area contributed by atoms with Crippen molar-refractivity contribution in [1.29, 1.82) is 0 Å². The van der Waals surface area contributed by atoms with Crippen LogP contribution in [0.5, 0.6) is 0 Å². The molecule has 0 radical (unpaired) electrons. The lowest BCUT2D eigenvalue weighted by Crippen LogP contribution is -2.24. The van der Waals surface area contributed by atoms with Gasteiger partial charge in [0.15, 0.2) is 0 Å². The van der Waals surface area contributed by atoms with Crippen LogP contribution in [0.1, 0.15) is 35.7 Å². The first kappa shape index (κ1) is 18.1. The Morgan fingerprint density at radius 2 is 1.83 bits per heavy atom. The second-order valence-electron chi connectivity index (χ2n) is 7.50. The molecular formula is C24H20ClN3O. The van der Waals surface area contributed by atoms with E-state index in [-0.39, 0.29) is 5.69 Å². The molecule has 0 amide bonds. The average molecular weight is 402 g/mol. The Kier molecular flexibility index (Phi) is 4.64. The number of para-hydroxylation sites is 1. The van der Waals surface area contributed by atoms with Crippen molar-refractivity contribution in [2.75, 3.05) is 0 Å². The Bertz CT molecular complexity index is 1250. The second kappa shape index (κ2) is 7.45. The lowest BCUT2D eigenvalue weighted by atomic mass is 10.0.